The van der Waals surface area contributed by atoms with Gasteiger partial charge in [0.05, 0.1) is 6.04 Å². The van der Waals surface area contributed by atoms with Crippen molar-refractivity contribution in [3.05, 3.63) is 65.0 Å². The molecule has 144 valence electrons. The minimum Gasteiger partial charge on any atom is -0.327 e. The molecular weight excluding hydrogens is 336 g/mol. The lowest BCUT2D eigenvalue weighted by Gasteiger charge is -2.26. The molecule has 3 rings (SSSR count). The third-order valence-electron chi connectivity index (χ3n) is 5.45. The molecule has 1 fully saturated rings. The lowest BCUT2D eigenvalue weighted by Crippen LogP contribution is -2.42. The number of likely N-dealkylation sites (N-methyl/N-ethyl adjacent to an activating group) is 1. The number of aryl methyl sites for hydroxylation is 2. The fourth-order valence-electron chi connectivity index (χ4n) is 3.48. The van der Waals surface area contributed by atoms with Crippen molar-refractivity contribution in [2.24, 2.45) is 0 Å². The van der Waals surface area contributed by atoms with Crippen LogP contribution in [0, 0.1) is 13.8 Å². The standard InChI is InChI=1S/C22H30N4O/c1-17-8-9-19(15-18(17)2)21(20-7-6-10-23-16-20)24-22(27)25(3)13-14-26-11-4-5-12-26/h6-10,15-16,21H,4-5,11-14H2,1-3H3,(H,24,27). The molecular formula is C22H30N4O. The van der Waals surface area contributed by atoms with Crippen LogP contribution in [0.3, 0.4) is 0 Å². The quantitative estimate of drug-likeness (QED) is 0.851. The first kappa shape index (κ1) is 19.4. The number of hydrogen-bond acceptors (Lipinski definition) is 3. The number of amides is 2. The van der Waals surface area contributed by atoms with Gasteiger partial charge in [0.1, 0.15) is 0 Å². The Morgan fingerprint density at radius 1 is 1.19 bits per heavy atom. The normalized spacial score (nSPS) is 15.5. The molecule has 0 radical (unpaired) electrons. The molecule has 1 aromatic carbocycles. The Labute approximate surface area is 162 Å². The van der Waals surface area contributed by atoms with E-state index >= 15 is 0 Å². The average Bonchev–Trinajstić information content (AvgIpc) is 3.20. The average molecular weight is 367 g/mol. The highest BCUT2D eigenvalue weighted by atomic mass is 16.2. The summed E-state index contributed by atoms with van der Waals surface area (Å²) in [6.45, 7) is 8.17. The first-order valence-corrected chi connectivity index (χ1v) is 9.75. The predicted octanol–water partition coefficient (Wildman–Crippen LogP) is 3.53. The summed E-state index contributed by atoms with van der Waals surface area (Å²) in [6, 6.07) is 10.0. The molecule has 2 amide bonds. The first-order chi connectivity index (χ1) is 13.0. The number of nitrogens with zero attached hydrogens (tertiary/aromatic N) is 3. The molecule has 0 saturated carbocycles. The van der Waals surface area contributed by atoms with Gasteiger partial charge in [-0.25, -0.2) is 4.79 Å². The lowest BCUT2D eigenvalue weighted by molar-refractivity contribution is 0.198. The molecule has 1 aliphatic heterocycles. The summed E-state index contributed by atoms with van der Waals surface area (Å²) in [4.78, 5) is 21.3. The van der Waals surface area contributed by atoms with E-state index in [0.29, 0.717) is 0 Å². The zero-order valence-corrected chi connectivity index (χ0v) is 16.6. The molecule has 1 aliphatic rings. The largest absolute Gasteiger partial charge is 0.327 e. The highest BCUT2D eigenvalue weighted by molar-refractivity contribution is 5.75. The van der Waals surface area contributed by atoms with Crippen LogP contribution >= 0.6 is 0 Å². The van der Waals surface area contributed by atoms with Crippen LogP contribution in [-0.4, -0.2) is 54.0 Å². The van der Waals surface area contributed by atoms with Crippen molar-refractivity contribution in [3.8, 4) is 0 Å². The van der Waals surface area contributed by atoms with Crippen LogP contribution in [0.5, 0.6) is 0 Å². The van der Waals surface area contributed by atoms with Crippen LogP contribution in [-0.2, 0) is 0 Å². The Morgan fingerprint density at radius 3 is 2.63 bits per heavy atom. The molecule has 5 nitrogen and oxygen atoms in total. The summed E-state index contributed by atoms with van der Waals surface area (Å²) >= 11 is 0. The van der Waals surface area contributed by atoms with Gasteiger partial charge >= 0.3 is 6.03 Å². The van der Waals surface area contributed by atoms with Crippen LogP contribution in [0.2, 0.25) is 0 Å². The number of nitrogens with one attached hydrogen (secondary N) is 1. The number of urea groups is 1. The summed E-state index contributed by atoms with van der Waals surface area (Å²) in [5.74, 6) is 0. The van der Waals surface area contributed by atoms with Crippen molar-refractivity contribution in [2.45, 2.75) is 32.7 Å². The van der Waals surface area contributed by atoms with Gasteiger partial charge in [-0.15, -0.1) is 0 Å². The third-order valence-corrected chi connectivity index (χ3v) is 5.45. The molecule has 2 aromatic rings. The molecule has 1 saturated heterocycles. The van der Waals surface area contributed by atoms with E-state index in [1.807, 2.05) is 25.4 Å². The maximum Gasteiger partial charge on any atom is 0.317 e. The van der Waals surface area contributed by atoms with E-state index in [1.54, 1.807) is 11.1 Å². The molecule has 0 bridgehead atoms. The highest BCUT2D eigenvalue weighted by Gasteiger charge is 2.20. The van der Waals surface area contributed by atoms with E-state index in [9.17, 15) is 4.79 Å². The van der Waals surface area contributed by atoms with Crippen molar-refractivity contribution in [2.75, 3.05) is 33.2 Å². The number of likely N-dealkylation sites (tertiary alicyclic amines) is 1. The Kier molecular flexibility index (Phi) is 6.45. The van der Waals surface area contributed by atoms with Crippen molar-refractivity contribution in [1.82, 2.24) is 20.1 Å². The summed E-state index contributed by atoms with van der Waals surface area (Å²) in [7, 11) is 1.87. The molecule has 1 atom stereocenters. The van der Waals surface area contributed by atoms with Gasteiger partial charge in [0.15, 0.2) is 0 Å². The highest BCUT2D eigenvalue weighted by Crippen LogP contribution is 2.24. The van der Waals surface area contributed by atoms with Gasteiger partial charge in [0.25, 0.3) is 0 Å². The molecule has 0 spiro atoms. The summed E-state index contributed by atoms with van der Waals surface area (Å²) in [5, 5.41) is 3.20. The zero-order chi connectivity index (χ0) is 19.2. The van der Waals surface area contributed by atoms with Crippen molar-refractivity contribution in [1.29, 1.82) is 0 Å². The van der Waals surface area contributed by atoms with Gasteiger partial charge in [0.2, 0.25) is 0 Å². The van der Waals surface area contributed by atoms with Gasteiger partial charge < -0.3 is 15.1 Å². The maximum absolute atomic E-state index is 12.8. The Bertz CT molecular complexity index is 756. The van der Waals surface area contributed by atoms with Gasteiger partial charge in [-0.2, -0.15) is 0 Å². The summed E-state index contributed by atoms with van der Waals surface area (Å²) < 4.78 is 0. The van der Waals surface area contributed by atoms with Crippen LogP contribution < -0.4 is 5.32 Å². The number of carbonyl (C=O) groups is 1. The van der Waals surface area contributed by atoms with Gasteiger partial charge in [0, 0.05) is 32.5 Å². The molecule has 27 heavy (non-hydrogen) atoms. The van der Waals surface area contributed by atoms with Gasteiger partial charge in [-0.3, -0.25) is 4.98 Å². The molecule has 2 heterocycles. The zero-order valence-electron chi connectivity index (χ0n) is 16.6. The Hall–Kier alpha value is -2.40. The minimum absolute atomic E-state index is 0.0544. The third kappa shape index (κ3) is 5.07. The Balaban J connectivity index is 1.72. The van der Waals surface area contributed by atoms with E-state index in [-0.39, 0.29) is 12.1 Å². The maximum atomic E-state index is 12.8. The number of aromatic nitrogens is 1. The van der Waals surface area contributed by atoms with Crippen molar-refractivity contribution in [3.63, 3.8) is 0 Å². The fraction of sp³-hybridized carbons (Fsp3) is 0.455. The topological polar surface area (TPSA) is 48.5 Å². The van der Waals surface area contributed by atoms with Gasteiger partial charge in [-0.05, 0) is 68.1 Å². The second kappa shape index (κ2) is 9.00. The summed E-state index contributed by atoms with van der Waals surface area (Å²) in [6.07, 6.45) is 6.12. The molecule has 1 N–H and O–H groups in total. The van der Waals surface area contributed by atoms with E-state index in [1.165, 1.54) is 24.0 Å². The van der Waals surface area contributed by atoms with Gasteiger partial charge in [-0.1, -0.05) is 24.3 Å². The van der Waals surface area contributed by atoms with E-state index in [2.05, 4.69) is 47.2 Å². The van der Waals surface area contributed by atoms with E-state index in [4.69, 9.17) is 0 Å². The number of rotatable bonds is 6. The van der Waals surface area contributed by atoms with Crippen LogP contribution in [0.4, 0.5) is 4.79 Å². The fourth-order valence-corrected chi connectivity index (χ4v) is 3.48. The molecule has 1 aromatic heterocycles. The van der Waals surface area contributed by atoms with Crippen molar-refractivity contribution < 1.29 is 4.79 Å². The second-order valence-corrected chi connectivity index (χ2v) is 7.48. The number of benzene rings is 1. The summed E-state index contributed by atoms with van der Waals surface area (Å²) in [5.41, 5.74) is 4.53. The van der Waals surface area contributed by atoms with Crippen molar-refractivity contribution >= 4 is 6.03 Å². The molecule has 5 heteroatoms. The number of hydrogen-bond donors (Lipinski definition) is 1. The predicted molar refractivity (Wildman–Crippen MR) is 109 cm³/mol. The van der Waals surface area contributed by atoms with E-state index in [0.717, 1.165) is 37.3 Å². The smallest absolute Gasteiger partial charge is 0.317 e. The second-order valence-electron chi connectivity index (χ2n) is 7.48. The number of pyridine rings is 1. The monoisotopic (exact) mass is 366 g/mol. The minimum atomic E-state index is -0.209. The SMILES string of the molecule is Cc1ccc(C(NC(=O)N(C)CCN2CCCC2)c2cccnc2)cc1C. The molecule has 1 unspecified atom stereocenters. The lowest BCUT2D eigenvalue weighted by atomic mass is 9.96. The van der Waals surface area contributed by atoms with Crippen LogP contribution in [0.25, 0.3) is 0 Å². The Morgan fingerprint density at radius 2 is 1.96 bits per heavy atom. The first-order valence-electron chi connectivity index (χ1n) is 9.75. The van der Waals surface area contributed by atoms with E-state index < -0.39 is 0 Å². The van der Waals surface area contributed by atoms with Crippen LogP contribution in [0.15, 0.2) is 42.7 Å². The number of carbonyl (C=O) groups excluding carboxylic acids is 1. The molecule has 0 aliphatic carbocycles. The van der Waals surface area contributed by atoms with Crippen LogP contribution in [0.1, 0.15) is 41.1 Å².